The Morgan fingerprint density at radius 2 is 1.97 bits per heavy atom. The number of aromatic nitrogens is 1. The fourth-order valence-electron chi connectivity index (χ4n) is 3.76. The second kappa shape index (κ2) is 11.4. The summed E-state index contributed by atoms with van der Waals surface area (Å²) in [6.45, 7) is 12.1. The number of hydrogen-bond donors (Lipinski definition) is 3. The predicted molar refractivity (Wildman–Crippen MR) is 139 cm³/mol. The molecule has 0 radical (unpaired) electrons. The van der Waals surface area contributed by atoms with E-state index >= 15 is 0 Å². The third-order valence-corrected chi connectivity index (χ3v) is 6.53. The molecule has 0 saturated heterocycles. The summed E-state index contributed by atoms with van der Waals surface area (Å²) < 4.78 is 37.6. The van der Waals surface area contributed by atoms with Gasteiger partial charge in [0.05, 0.1) is 17.2 Å². The number of alkyl halides is 2. The van der Waals surface area contributed by atoms with Crippen molar-refractivity contribution in [2.75, 3.05) is 6.61 Å². The van der Waals surface area contributed by atoms with E-state index in [0.29, 0.717) is 27.1 Å². The summed E-state index contributed by atoms with van der Waals surface area (Å²) in [5.41, 5.74) is 4.52. The lowest BCUT2D eigenvalue weighted by Crippen LogP contribution is -2.34. The van der Waals surface area contributed by atoms with E-state index in [9.17, 15) is 13.9 Å². The Bertz CT molecular complexity index is 1130. The van der Waals surface area contributed by atoms with Crippen molar-refractivity contribution in [2.24, 2.45) is 0 Å². The molecule has 35 heavy (non-hydrogen) atoms. The van der Waals surface area contributed by atoms with Crippen LogP contribution in [0, 0.1) is 0 Å². The van der Waals surface area contributed by atoms with Crippen LogP contribution in [0.5, 0.6) is 5.75 Å². The lowest BCUT2D eigenvalue weighted by molar-refractivity contribution is 0.0676. The zero-order valence-corrected chi connectivity index (χ0v) is 21.2. The Labute approximate surface area is 207 Å². The number of rotatable bonds is 11. The normalized spacial score (nSPS) is 17.8. The quantitative estimate of drug-likeness (QED) is 0.242. The van der Waals surface area contributed by atoms with Crippen LogP contribution in [0.25, 0.3) is 0 Å². The molecule has 1 aromatic carbocycles. The molecule has 0 saturated carbocycles. The van der Waals surface area contributed by atoms with Gasteiger partial charge in [0.25, 0.3) is 5.92 Å². The molecule has 186 valence electrons. The molecule has 0 spiro atoms. The maximum atomic E-state index is 13.6. The van der Waals surface area contributed by atoms with Crippen molar-refractivity contribution in [2.45, 2.75) is 45.2 Å². The number of halogens is 2. The van der Waals surface area contributed by atoms with E-state index in [2.05, 4.69) is 28.5 Å². The van der Waals surface area contributed by atoms with Gasteiger partial charge < -0.3 is 20.5 Å². The van der Waals surface area contributed by atoms with Gasteiger partial charge in [-0.3, -0.25) is 0 Å². The van der Waals surface area contributed by atoms with Crippen molar-refractivity contribution in [3.63, 3.8) is 0 Å². The largest absolute Gasteiger partial charge is 0.513 e. The number of nitrogens with one attached hydrogen (secondary N) is 2. The summed E-state index contributed by atoms with van der Waals surface area (Å²) >= 11 is 0. The summed E-state index contributed by atoms with van der Waals surface area (Å²) in [7, 11) is 0.421. The minimum atomic E-state index is -2.94. The van der Waals surface area contributed by atoms with E-state index in [4.69, 9.17) is 4.74 Å². The number of aliphatic hydroxyl groups is 1. The molecule has 3 rings (SSSR count). The van der Waals surface area contributed by atoms with Crippen molar-refractivity contribution < 1.29 is 18.6 Å². The van der Waals surface area contributed by atoms with Gasteiger partial charge in [-0.05, 0) is 57.3 Å². The average Bonchev–Trinajstić information content (AvgIpc) is 3.46. The third-order valence-electron chi connectivity index (χ3n) is 5.82. The highest BCUT2D eigenvalue weighted by molar-refractivity contribution is 7.24. The van der Waals surface area contributed by atoms with Crippen molar-refractivity contribution in [3.8, 4) is 5.75 Å². The highest BCUT2D eigenvalue weighted by Crippen LogP contribution is 2.31. The van der Waals surface area contributed by atoms with Crippen molar-refractivity contribution in [1.29, 1.82) is 0 Å². The smallest absolute Gasteiger partial charge is 0.270 e. The van der Waals surface area contributed by atoms with Gasteiger partial charge in [-0.25, -0.2) is 13.5 Å². The van der Waals surface area contributed by atoms with Crippen molar-refractivity contribution >= 4 is 8.35 Å². The van der Waals surface area contributed by atoms with Gasteiger partial charge >= 0.3 is 0 Å². The standard InChI is InChI=1S/C27H32F2N3O2P/c1-6-21(27(5,28)29)10-7-17(2)26-30-19(4)25(31-26)16-34-22-11-8-20(9-12-22)23(15-18(3)33)24-13-14-35-32-24/h6-14,23,26,30-31,33,35H,1,3,15-16H2,2,4-5H3/b17-7+,21-10+. The minimum Gasteiger partial charge on any atom is -0.513 e. The van der Waals surface area contributed by atoms with Gasteiger partial charge in [-0.1, -0.05) is 43.5 Å². The number of ether oxygens (including phenoxy) is 1. The van der Waals surface area contributed by atoms with E-state index in [0.717, 1.165) is 35.1 Å². The molecule has 3 unspecified atom stereocenters. The fraction of sp³-hybridized carbons (Fsp3) is 0.296. The molecule has 0 amide bonds. The molecule has 3 N–H and O–H groups in total. The summed E-state index contributed by atoms with van der Waals surface area (Å²) in [5.74, 6) is -0.121. The monoisotopic (exact) mass is 499 g/mol. The summed E-state index contributed by atoms with van der Waals surface area (Å²) in [4.78, 5) is 0. The lowest BCUT2D eigenvalue weighted by atomic mass is 9.92. The van der Waals surface area contributed by atoms with Gasteiger partial charge in [0, 0.05) is 30.5 Å². The van der Waals surface area contributed by atoms with E-state index in [1.54, 1.807) is 6.08 Å². The Hall–Kier alpha value is -3.31. The van der Waals surface area contributed by atoms with Gasteiger partial charge in [-0.15, -0.1) is 0 Å². The molecule has 2 aromatic rings. The zero-order valence-electron chi connectivity index (χ0n) is 20.2. The topological polar surface area (TPSA) is 66.4 Å². The van der Waals surface area contributed by atoms with Gasteiger partial charge in [0.15, 0.2) is 0 Å². The van der Waals surface area contributed by atoms with E-state index in [1.165, 1.54) is 12.2 Å². The van der Waals surface area contributed by atoms with E-state index in [-0.39, 0.29) is 23.4 Å². The molecular formula is C27H32F2N3O2P. The molecule has 5 nitrogen and oxygen atoms in total. The lowest BCUT2D eigenvalue weighted by Gasteiger charge is -2.17. The minimum absolute atomic E-state index is 0.0442. The van der Waals surface area contributed by atoms with Crippen LogP contribution in [0.3, 0.4) is 0 Å². The van der Waals surface area contributed by atoms with Gasteiger partial charge in [0.1, 0.15) is 18.5 Å². The zero-order chi connectivity index (χ0) is 25.6. The number of hydrogen-bond acceptors (Lipinski definition) is 5. The number of nitrogens with zero attached hydrogens (tertiary/aromatic N) is 1. The number of aliphatic hydroxyl groups excluding tert-OH is 1. The van der Waals surface area contributed by atoms with Crippen molar-refractivity contribution in [1.82, 2.24) is 15.4 Å². The molecule has 8 heteroatoms. The first-order valence-electron chi connectivity index (χ1n) is 11.3. The second-order valence-corrected chi connectivity index (χ2v) is 9.45. The highest BCUT2D eigenvalue weighted by atomic mass is 31.0. The summed E-state index contributed by atoms with van der Waals surface area (Å²) in [6, 6.07) is 9.75. The Morgan fingerprint density at radius 1 is 1.26 bits per heavy atom. The average molecular weight is 500 g/mol. The van der Waals surface area contributed by atoms with Crippen LogP contribution in [0.15, 0.2) is 95.8 Å². The molecule has 0 fully saturated rings. The van der Waals surface area contributed by atoms with Crippen LogP contribution >= 0.6 is 8.35 Å². The third kappa shape index (κ3) is 7.09. The van der Waals surface area contributed by atoms with Crippen LogP contribution in [-0.4, -0.2) is 28.5 Å². The summed E-state index contributed by atoms with van der Waals surface area (Å²) in [5, 5.41) is 16.4. The predicted octanol–water partition coefficient (Wildman–Crippen LogP) is 6.55. The van der Waals surface area contributed by atoms with Crippen molar-refractivity contribution in [3.05, 3.63) is 107 Å². The SMILES string of the molecule is C=C/C(=C\C=C(/C)C1NC(C)=C(COc2ccc(C(CC(=C)O)c3cc[pH]n3)cc2)N1)C(C)(F)F. The molecule has 1 aliphatic heterocycles. The Kier molecular flexibility index (Phi) is 8.57. The summed E-state index contributed by atoms with van der Waals surface area (Å²) in [6.07, 6.45) is 4.44. The molecule has 1 aromatic heterocycles. The van der Waals surface area contributed by atoms with Crippen LogP contribution in [0.1, 0.15) is 44.4 Å². The highest BCUT2D eigenvalue weighted by Gasteiger charge is 2.25. The molecule has 2 heterocycles. The number of benzene rings is 1. The van der Waals surface area contributed by atoms with Crippen LogP contribution in [-0.2, 0) is 0 Å². The maximum Gasteiger partial charge on any atom is 0.270 e. The fourth-order valence-corrected chi connectivity index (χ4v) is 4.46. The van der Waals surface area contributed by atoms with Crippen LogP contribution in [0.4, 0.5) is 8.78 Å². The first kappa shape index (κ1) is 26.3. The van der Waals surface area contributed by atoms with Crippen LogP contribution in [0.2, 0.25) is 0 Å². The van der Waals surface area contributed by atoms with Gasteiger partial charge in [0.2, 0.25) is 0 Å². The van der Waals surface area contributed by atoms with E-state index in [1.807, 2.05) is 50.0 Å². The second-order valence-electron chi connectivity index (χ2n) is 8.63. The molecule has 0 aliphatic carbocycles. The van der Waals surface area contributed by atoms with E-state index < -0.39 is 5.92 Å². The first-order chi connectivity index (χ1) is 16.6. The molecular weight excluding hydrogens is 467 g/mol. The Morgan fingerprint density at radius 3 is 2.54 bits per heavy atom. The maximum absolute atomic E-state index is 13.6. The molecule has 0 bridgehead atoms. The Balaban J connectivity index is 1.61. The number of allylic oxidation sites excluding steroid dienone is 6. The van der Waals surface area contributed by atoms with Crippen LogP contribution < -0.4 is 15.4 Å². The molecule has 1 aliphatic rings. The molecule has 3 atom stereocenters. The van der Waals surface area contributed by atoms with Gasteiger partial charge in [-0.2, -0.15) is 0 Å². The first-order valence-corrected chi connectivity index (χ1v) is 12.3.